The molecule has 1 atom stereocenters. The van der Waals surface area contributed by atoms with Crippen molar-refractivity contribution < 1.29 is 35.8 Å². The van der Waals surface area contributed by atoms with Gasteiger partial charge in [0.05, 0.1) is 56.3 Å². The molecule has 4 aromatic rings. The van der Waals surface area contributed by atoms with Gasteiger partial charge in [-0.1, -0.05) is 12.1 Å². The Morgan fingerprint density at radius 1 is 0.958 bits per heavy atom. The zero-order chi connectivity index (χ0) is 34.3. The number of rotatable bonds is 9. The molecule has 3 aromatic heterocycles. The van der Waals surface area contributed by atoms with Gasteiger partial charge in [-0.2, -0.15) is 36.5 Å². The van der Waals surface area contributed by atoms with Crippen LogP contribution in [0.5, 0.6) is 5.75 Å². The molecule has 0 amide bonds. The molecule has 0 spiro atoms. The molecule has 0 saturated carbocycles. The first kappa shape index (κ1) is 33.2. The Morgan fingerprint density at radius 3 is 2.35 bits per heavy atom. The summed E-state index contributed by atoms with van der Waals surface area (Å²) >= 11 is 0. The predicted molar refractivity (Wildman–Crippen MR) is 158 cm³/mol. The van der Waals surface area contributed by atoms with Gasteiger partial charge in [0, 0.05) is 25.5 Å². The number of hydrogen-bond donors (Lipinski definition) is 0. The fraction of sp³-hybridized carbons (Fsp3) is 0.467. The molecular formula is C30H31F6N9O3. The molecule has 0 unspecified atom stereocenters. The van der Waals surface area contributed by atoms with Gasteiger partial charge in [0.25, 0.3) is 5.56 Å². The number of benzene rings is 1. The summed E-state index contributed by atoms with van der Waals surface area (Å²) in [6.07, 6.45) is -5.83. The van der Waals surface area contributed by atoms with Gasteiger partial charge in [-0.25, -0.2) is 24.3 Å². The lowest BCUT2D eigenvalue weighted by Gasteiger charge is -2.37. The molecule has 0 aliphatic carbocycles. The fourth-order valence-electron chi connectivity index (χ4n) is 5.96. The summed E-state index contributed by atoms with van der Waals surface area (Å²) in [4.78, 5) is 28.6. The van der Waals surface area contributed by atoms with E-state index < -0.39 is 34.6 Å². The van der Waals surface area contributed by atoms with E-state index in [2.05, 4.69) is 25.1 Å². The maximum absolute atomic E-state index is 14.4. The monoisotopic (exact) mass is 679 g/mol. The molecule has 18 heteroatoms. The lowest BCUT2D eigenvalue weighted by atomic mass is 9.99. The van der Waals surface area contributed by atoms with E-state index in [1.54, 1.807) is 40.8 Å². The summed E-state index contributed by atoms with van der Waals surface area (Å²) in [5, 5.41) is 8.56. The second-order valence-corrected chi connectivity index (χ2v) is 11.8. The van der Waals surface area contributed by atoms with Gasteiger partial charge in [-0.3, -0.25) is 4.79 Å². The van der Waals surface area contributed by atoms with Crippen molar-refractivity contribution in [3.63, 3.8) is 0 Å². The van der Waals surface area contributed by atoms with E-state index >= 15 is 0 Å². The smallest absolute Gasteiger partial charge is 0.423 e. The van der Waals surface area contributed by atoms with Crippen LogP contribution in [0.3, 0.4) is 0 Å². The van der Waals surface area contributed by atoms with Crippen LogP contribution in [-0.4, -0.2) is 66.9 Å². The minimum absolute atomic E-state index is 0.0224. The van der Waals surface area contributed by atoms with Crippen molar-refractivity contribution in [2.45, 2.75) is 63.9 Å². The first-order valence-electron chi connectivity index (χ1n) is 15.0. The number of ether oxygens (including phenoxy) is 2. The fourth-order valence-corrected chi connectivity index (χ4v) is 5.96. The minimum atomic E-state index is -4.93. The molecule has 0 bridgehead atoms. The van der Waals surface area contributed by atoms with E-state index in [4.69, 9.17) is 9.47 Å². The average molecular weight is 680 g/mol. The van der Waals surface area contributed by atoms with Crippen molar-refractivity contribution >= 4 is 11.6 Å². The van der Waals surface area contributed by atoms with Gasteiger partial charge < -0.3 is 19.3 Å². The second kappa shape index (κ2) is 12.7. The van der Waals surface area contributed by atoms with Crippen LogP contribution in [0.15, 0.2) is 47.7 Å². The van der Waals surface area contributed by atoms with Gasteiger partial charge in [-0.15, -0.1) is 0 Å². The van der Waals surface area contributed by atoms with Crippen LogP contribution in [0, 0.1) is 0 Å². The van der Waals surface area contributed by atoms with Crippen molar-refractivity contribution in [2.24, 2.45) is 0 Å². The van der Waals surface area contributed by atoms with E-state index in [9.17, 15) is 31.1 Å². The topological polar surface area (TPSA) is 116 Å². The highest BCUT2D eigenvalue weighted by atomic mass is 19.4. The summed E-state index contributed by atoms with van der Waals surface area (Å²) in [6, 6.07) is 6.60. The first-order chi connectivity index (χ1) is 22.7. The SMILES string of the molecule is COc1ccc(Cn2ncc(N3CCC[C@@]3(C)COCc3nc4n(n3)CCN(c3ncc(C(F)(F)F)cn3)C4)c(C(F)(F)F)c2=O)cc1. The largest absolute Gasteiger partial charge is 0.497 e. The molecule has 48 heavy (non-hydrogen) atoms. The van der Waals surface area contributed by atoms with Crippen LogP contribution in [0.2, 0.25) is 0 Å². The lowest BCUT2D eigenvalue weighted by Crippen LogP contribution is -2.47. The third-order valence-corrected chi connectivity index (χ3v) is 8.44. The van der Waals surface area contributed by atoms with E-state index in [1.807, 2.05) is 0 Å². The Labute approximate surface area is 269 Å². The quantitative estimate of drug-likeness (QED) is 0.237. The summed E-state index contributed by atoms with van der Waals surface area (Å²) in [7, 11) is 1.49. The molecule has 0 radical (unpaired) electrons. The van der Waals surface area contributed by atoms with Gasteiger partial charge in [0.2, 0.25) is 5.95 Å². The number of halogens is 6. The van der Waals surface area contributed by atoms with Crippen LogP contribution >= 0.6 is 0 Å². The number of anilines is 2. The van der Waals surface area contributed by atoms with Crippen molar-refractivity contribution in [1.29, 1.82) is 0 Å². The van der Waals surface area contributed by atoms with Crippen molar-refractivity contribution in [2.75, 3.05) is 36.6 Å². The third-order valence-electron chi connectivity index (χ3n) is 8.44. The molecule has 0 N–H and O–H groups in total. The van der Waals surface area contributed by atoms with Gasteiger partial charge in [-0.05, 0) is 37.5 Å². The molecule has 6 rings (SSSR count). The second-order valence-electron chi connectivity index (χ2n) is 11.8. The Kier molecular flexibility index (Phi) is 8.78. The highest BCUT2D eigenvalue weighted by molar-refractivity contribution is 5.55. The number of methoxy groups -OCH3 is 1. The van der Waals surface area contributed by atoms with Crippen LogP contribution in [0.4, 0.5) is 38.0 Å². The number of alkyl halides is 6. The summed E-state index contributed by atoms with van der Waals surface area (Å²) < 4.78 is 95.4. The number of aromatic nitrogens is 7. The van der Waals surface area contributed by atoms with Crippen LogP contribution < -0.4 is 20.1 Å². The maximum Gasteiger partial charge on any atom is 0.423 e. The molecule has 2 aliphatic rings. The van der Waals surface area contributed by atoms with Crippen LogP contribution in [-0.2, 0) is 43.3 Å². The molecule has 1 aromatic carbocycles. The van der Waals surface area contributed by atoms with Gasteiger partial charge in [0.15, 0.2) is 5.82 Å². The Morgan fingerprint density at radius 2 is 1.69 bits per heavy atom. The van der Waals surface area contributed by atoms with Crippen molar-refractivity contribution in [1.82, 2.24) is 34.5 Å². The molecular weight excluding hydrogens is 648 g/mol. The summed E-state index contributed by atoms with van der Waals surface area (Å²) in [5.74, 6) is 1.58. The van der Waals surface area contributed by atoms with Gasteiger partial charge in [0.1, 0.15) is 23.7 Å². The third kappa shape index (κ3) is 6.79. The Hall–Kier alpha value is -4.74. The molecule has 256 valence electrons. The van der Waals surface area contributed by atoms with E-state index in [0.717, 1.165) is 23.3 Å². The number of hydrogen-bond acceptors (Lipinski definition) is 10. The predicted octanol–water partition coefficient (Wildman–Crippen LogP) is 4.32. The Balaban J connectivity index is 1.13. The van der Waals surface area contributed by atoms with E-state index in [1.165, 1.54) is 12.0 Å². The zero-order valence-corrected chi connectivity index (χ0v) is 25.9. The normalized spacial score (nSPS) is 18.3. The maximum atomic E-state index is 14.4. The number of nitrogens with zero attached hydrogens (tertiary/aromatic N) is 9. The standard InChI is InChI=1S/C30H31F6N9O3/c1-28(18-48-17-23-40-24-16-42(10-11-44(24)41-23)27-37-12-20(13-38-27)29(31,32)33)8-3-9-43(28)22-14-39-45(26(46)25(22)30(34,35)36)15-19-4-6-21(47-2)7-5-19/h4-7,12-14H,3,8-11,15-18H2,1-2H3/t28-/m0/s1. The first-order valence-corrected chi connectivity index (χ1v) is 15.0. The highest BCUT2D eigenvalue weighted by Gasteiger charge is 2.45. The van der Waals surface area contributed by atoms with Crippen LogP contribution in [0.25, 0.3) is 0 Å². The van der Waals surface area contributed by atoms with Crippen molar-refractivity contribution in [3.8, 4) is 5.75 Å². The summed E-state index contributed by atoms with van der Waals surface area (Å²) in [5.41, 5.74) is -4.07. The molecule has 12 nitrogen and oxygen atoms in total. The molecule has 1 saturated heterocycles. The highest BCUT2D eigenvalue weighted by Crippen LogP contribution is 2.40. The van der Waals surface area contributed by atoms with E-state index in [0.29, 0.717) is 48.9 Å². The van der Waals surface area contributed by atoms with E-state index in [-0.39, 0.29) is 44.5 Å². The summed E-state index contributed by atoms with van der Waals surface area (Å²) in [6.45, 7) is 2.87. The molecule has 1 fully saturated rings. The molecule has 5 heterocycles. The zero-order valence-electron chi connectivity index (χ0n) is 25.9. The number of fused-ring (bicyclic) bond motifs is 1. The Bertz CT molecular complexity index is 1810. The van der Waals surface area contributed by atoms with Gasteiger partial charge >= 0.3 is 12.4 Å². The van der Waals surface area contributed by atoms with Crippen LogP contribution in [0.1, 0.15) is 48.1 Å². The minimum Gasteiger partial charge on any atom is -0.497 e. The lowest BCUT2D eigenvalue weighted by molar-refractivity contribution is -0.139. The molecule has 2 aliphatic heterocycles. The van der Waals surface area contributed by atoms with Crippen molar-refractivity contribution in [3.05, 3.63) is 81.5 Å². The average Bonchev–Trinajstić information content (AvgIpc) is 3.63.